The number of esters is 1. The van der Waals surface area contributed by atoms with Crippen LogP contribution in [0.4, 0.5) is 0 Å². The van der Waals surface area contributed by atoms with Crippen LogP contribution in [0.1, 0.15) is 5.56 Å². The van der Waals surface area contributed by atoms with Crippen LogP contribution < -0.4 is 0 Å². The number of hydrogen-bond donors (Lipinski definition) is 0. The van der Waals surface area contributed by atoms with E-state index in [0.29, 0.717) is 5.76 Å². The number of halogens is 2. The molecule has 0 fully saturated rings. The molecule has 3 nitrogen and oxygen atoms in total. The topological polar surface area (TPSA) is 43.4 Å². The fourth-order valence-corrected chi connectivity index (χ4v) is 2.27. The molecule has 76 valence electrons. The Kier molecular flexibility index (Phi) is 3.10. The molecule has 1 aliphatic rings. The highest BCUT2D eigenvalue weighted by Crippen LogP contribution is 2.27. The Balaban J connectivity index is 2.47. The molecular formula is C10H4I2O3. The lowest BCUT2D eigenvalue weighted by Gasteiger charge is -2.04. The van der Waals surface area contributed by atoms with Gasteiger partial charge in [-0.05, 0) is 63.4 Å². The Morgan fingerprint density at radius 3 is 2.47 bits per heavy atom. The van der Waals surface area contributed by atoms with Gasteiger partial charge in [0.1, 0.15) is 5.76 Å². The van der Waals surface area contributed by atoms with Crippen molar-refractivity contribution < 1.29 is 14.3 Å². The normalized spacial score (nSPS) is 15.2. The minimum absolute atomic E-state index is 0.341. The Bertz CT molecular complexity index is 491. The van der Waals surface area contributed by atoms with Gasteiger partial charge in [0, 0.05) is 18.8 Å². The summed E-state index contributed by atoms with van der Waals surface area (Å²) in [5.74, 6) is -1.06. The fourth-order valence-electron chi connectivity index (χ4n) is 1.18. The van der Waals surface area contributed by atoms with Gasteiger partial charge < -0.3 is 4.74 Å². The first-order chi connectivity index (χ1) is 7.08. The molecule has 1 aromatic rings. The Morgan fingerprint density at radius 2 is 1.87 bits per heavy atom. The maximum Gasteiger partial charge on any atom is 0.384 e. The second kappa shape index (κ2) is 4.20. The summed E-state index contributed by atoms with van der Waals surface area (Å²) in [5, 5.41) is 0. The Labute approximate surface area is 113 Å². The van der Waals surface area contributed by atoms with E-state index in [1.807, 2.05) is 18.2 Å². The van der Waals surface area contributed by atoms with Crippen LogP contribution in [0, 0.1) is 7.14 Å². The fraction of sp³-hybridized carbons (Fsp3) is 0. The lowest BCUT2D eigenvalue weighted by atomic mass is 10.2. The highest BCUT2D eigenvalue weighted by Gasteiger charge is 2.26. The van der Waals surface area contributed by atoms with Crippen molar-refractivity contribution in [2.24, 2.45) is 0 Å². The monoisotopic (exact) mass is 426 g/mol. The molecule has 0 amide bonds. The Hall–Kier alpha value is -0.440. The molecule has 0 radical (unpaired) electrons. The van der Waals surface area contributed by atoms with Gasteiger partial charge in [-0.1, -0.05) is 0 Å². The van der Waals surface area contributed by atoms with E-state index in [2.05, 4.69) is 45.2 Å². The molecule has 1 aliphatic heterocycles. The number of hydrogen-bond acceptors (Lipinski definition) is 3. The van der Waals surface area contributed by atoms with Crippen LogP contribution in [0.15, 0.2) is 24.3 Å². The summed E-state index contributed by atoms with van der Waals surface area (Å²) in [6.45, 7) is 0. The zero-order valence-corrected chi connectivity index (χ0v) is 11.6. The predicted octanol–water partition coefficient (Wildman–Crippen LogP) is 2.36. The van der Waals surface area contributed by atoms with Gasteiger partial charge in [0.25, 0.3) is 5.78 Å². The molecule has 0 bridgehead atoms. The summed E-state index contributed by atoms with van der Waals surface area (Å²) in [7, 11) is 0. The van der Waals surface area contributed by atoms with Crippen molar-refractivity contribution in [3.8, 4) is 0 Å². The van der Waals surface area contributed by atoms with Crippen LogP contribution in [0.2, 0.25) is 0 Å². The van der Waals surface area contributed by atoms with Crippen LogP contribution in [-0.2, 0) is 14.3 Å². The number of ketones is 1. The smallest absolute Gasteiger partial charge is 0.384 e. The first-order valence-electron chi connectivity index (χ1n) is 4.01. The molecule has 15 heavy (non-hydrogen) atoms. The van der Waals surface area contributed by atoms with E-state index in [4.69, 9.17) is 4.74 Å². The second-order valence-electron chi connectivity index (χ2n) is 2.89. The van der Waals surface area contributed by atoms with Crippen molar-refractivity contribution in [2.75, 3.05) is 0 Å². The predicted molar refractivity (Wildman–Crippen MR) is 71.0 cm³/mol. The van der Waals surface area contributed by atoms with Crippen molar-refractivity contribution in [3.05, 3.63) is 37.0 Å². The number of carbonyl (C=O) groups excluding carboxylic acids is 2. The summed E-state index contributed by atoms with van der Waals surface area (Å²) < 4.78 is 6.83. The molecule has 0 aromatic heterocycles. The van der Waals surface area contributed by atoms with Crippen molar-refractivity contribution in [3.63, 3.8) is 0 Å². The van der Waals surface area contributed by atoms with Gasteiger partial charge in [0.05, 0.1) is 0 Å². The molecule has 0 saturated heterocycles. The molecule has 0 N–H and O–H groups in total. The molecule has 0 atom stereocenters. The van der Waals surface area contributed by atoms with Crippen LogP contribution in [0.25, 0.3) is 5.76 Å². The van der Waals surface area contributed by atoms with E-state index < -0.39 is 11.8 Å². The molecule has 0 unspecified atom stereocenters. The maximum atomic E-state index is 11.0. The quantitative estimate of drug-likeness (QED) is 0.394. The molecule has 1 aromatic carbocycles. The lowest BCUT2D eigenvalue weighted by Crippen LogP contribution is -2.05. The summed E-state index contributed by atoms with van der Waals surface area (Å²) in [4.78, 5) is 21.9. The lowest BCUT2D eigenvalue weighted by molar-refractivity contribution is -0.144. The van der Waals surface area contributed by atoms with Crippen LogP contribution in [0.5, 0.6) is 0 Å². The molecule has 5 heteroatoms. The van der Waals surface area contributed by atoms with Gasteiger partial charge >= 0.3 is 5.97 Å². The molecule has 0 saturated carbocycles. The summed E-state index contributed by atoms with van der Waals surface area (Å²) in [5.41, 5.74) is 0.779. The largest absolute Gasteiger partial charge is 0.420 e. The third-order valence-corrected chi connectivity index (χ3v) is 3.47. The van der Waals surface area contributed by atoms with Gasteiger partial charge in [-0.2, -0.15) is 0 Å². The highest BCUT2D eigenvalue weighted by atomic mass is 127. The second-order valence-corrected chi connectivity index (χ2v) is 5.29. The van der Waals surface area contributed by atoms with Crippen LogP contribution in [-0.4, -0.2) is 11.8 Å². The average molecular weight is 426 g/mol. The van der Waals surface area contributed by atoms with E-state index in [-0.39, 0.29) is 0 Å². The van der Waals surface area contributed by atoms with Crippen molar-refractivity contribution >= 4 is 62.7 Å². The number of ether oxygens (including phenoxy) is 1. The molecular weight excluding hydrogens is 422 g/mol. The van der Waals surface area contributed by atoms with E-state index >= 15 is 0 Å². The third-order valence-electron chi connectivity index (χ3n) is 1.86. The molecule has 2 rings (SSSR count). The van der Waals surface area contributed by atoms with Crippen molar-refractivity contribution in [1.82, 2.24) is 0 Å². The first-order valence-corrected chi connectivity index (χ1v) is 6.17. The van der Waals surface area contributed by atoms with Crippen molar-refractivity contribution in [1.29, 1.82) is 0 Å². The minimum atomic E-state index is -0.806. The van der Waals surface area contributed by atoms with Crippen LogP contribution in [0.3, 0.4) is 0 Å². The summed E-state index contributed by atoms with van der Waals surface area (Å²) in [6, 6.07) is 5.74. The van der Waals surface area contributed by atoms with E-state index in [1.54, 1.807) is 0 Å². The number of benzene rings is 1. The van der Waals surface area contributed by atoms with E-state index in [1.165, 1.54) is 6.08 Å². The molecule has 0 spiro atoms. The van der Waals surface area contributed by atoms with E-state index in [9.17, 15) is 9.59 Å². The summed E-state index contributed by atoms with van der Waals surface area (Å²) in [6.07, 6.45) is 1.23. The van der Waals surface area contributed by atoms with Gasteiger partial charge in [-0.15, -0.1) is 0 Å². The minimum Gasteiger partial charge on any atom is -0.420 e. The van der Waals surface area contributed by atoms with Gasteiger partial charge in [0.2, 0.25) is 0 Å². The van der Waals surface area contributed by atoms with Gasteiger partial charge in [-0.25, -0.2) is 4.79 Å². The number of rotatable bonds is 1. The van der Waals surface area contributed by atoms with Gasteiger partial charge in [-0.3, -0.25) is 4.79 Å². The summed E-state index contributed by atoms with van der Waals surface area (Å²) >= 11 is 4.30. The van der Waals surface area contributed by atoms with E-state index in [0.717, 1.165) is 12.7 Å². The maximum absolute atomic E-state index is 11.0. The first kappa shape index (κ1) is 11.1. The zero-order chi connectivity index (χ0) is 11.0. The molecule has 1 heterocycles. The average Bonchev–Trinajstić information content (AvgIpc) is 2.51. The Morgan fingerprint density at radius 1 is 1.13 bits per heavy atom. The standard InChI is InChI=1S/C10H4I2O3/c11-5-1-2-7(12)6(3-5)9-4-8(13)10(14)15-9/h1-4H. The van der Waals surface area contributed by atoms with Crippen LogP contribution >= 0.6 is 45.2 Å². The molecule has 0 aliphatic carbocycles. The SMILES string of the molecule is O=C1C=C(c2cc(I)ccc2I)OC1=O. The zero-order valence-electron chi connectivity index (χ0n) is 7.29. The van der Waals surface area contributed by atoms with Gasteiger partial charge in [0.15, 0.2) is 0 Å². The number of cyclic esters (lactones) is 1. The van der Waals surface area contributed by atoms with Crippen molar-refractivity contribution in [2.45, 2.75) is 0 Å². The highest BCUT2D eigenvalue weighted by molar-refractivity contribution is 14.1. The number of carbonyl (C=O) groups is 2. The third kappa shape index (κ3) is 2.22.